The Labute approximate surface area is 139 Å². The fraction of sp³-hybridized carbons (Fsp3) is 0.350. The van der Waals surface area contributed by atoms with Crippen LogP contribution in [0.25, 0.3) is 0 Å². The van der Waals surface area contributed by atoms with Crippen LogP contribution >= 0.6 is 0 Å². The van der Waals surface area contributed by atoms with E-state index in [0.717, 1.165) is 29.2 Å². The van der Waals surface area contributed by atoms with Crippen molar-refractivity contribution in [3.8, 4) is 0 Å². The first-order valence-electron chi connectivity index (χ1n) is 8.16. The number of anilines is 1. The summed E-state index contributed by atoms with van der Waals surface area (Å²) in [5.74, 6) is 0.501. The zero-order valence-electron chi connectivity index (χ0n) is 14.9. The fourth-order valence-corrected chi connectivity index (χ4v) is 2.83. The molecule has 1 N–H and O–H groups in total. The summed E-state index contributed by atoms with van der Waals surface area (Å²) >= 11 is 0. The predicted molar refractivity (Wildman–Crippen MR) is 101 cm³/mol. The van der Waals surface area contributed by atoms with E-state index >= 15 is 0 Å². The zero-order chi connectivity index (χ0) is 17.0. The van der Waals surface area contributed by atoms with E-state index in [1.807, 2.05) is 19.3 Å². The molecule has 2 aromatic rings. The molecule has 0 aliphatic rings. The van der Waals surface area contributed by atoms with Gasteiger partial charge in [-0.15, -0.1) is 0 Å². The van der Waals surface area contributed by atoms with E-state index in [-0.39, 0.29) is 0 Å². The van der Waals surface area contributed by atoms with Gasteiger partial charge in [0.2, 0.25) is 0 Å². The van der Waals surface area contributed by atoms with Crippen LogP contribution in [0.2, 0.25) is 0 Å². The van der Waals surface area contributed by atoms with Crippen molar-refractivity contribution in [2.45, 2.75) is 40.0 Å². The van der Waals surface area contributed by atoms with Crippen molar-refractivity contribution < 1.29 is 0 Å². The third-order valence-electron chi connectivity index (χ3n) is 4.29. The lowest BCUT2D eigenvalue weighted by Gasteiger charge is -2.14. The minimum Gasteiger partial charge on any atom is -0.360 e. The first-order chi connectivity index (χ1) is 11.0. The predicted octanol–water partition coefficient (Wildman–Crippen LogP) is 5.54. The molecule has 0 aliphatic carbocycles. The van der Waals surface area contributed by atoms with Gasteiger partial charge < -0.3 is 9.88 Å². The van der Waals surface area contributed by atoms with Crippen molar-refractivity contribution in [3.05, 3.63) is 60.1 Å². The molecule has 0 saturated carbocycles. The number of hydrogen-bond acceptors (Lipinski definition) is 2. The third-order valence-corrected chi connectivity index (χ3v) is 4.29. The van der Waals surface area contributed by atoms with Gasteiger partial charge >= 0.3 is 0 Å². The molecule has 0 aliphatic heterocycles. The Hall–Kier alpha value is -2.29. The summed E-state index contributed by atoms with van der Waals surface area (Å²) in [5.41, 5.74) is 6.77. The Balaban J connectivity index is 2.50. The number of benzene rings is 1. The molecule has 2 rings (SSSR count). The van der Waals surface area contributed by atoms with Crippen molar-refractivity contribution in [3.63, 3.8) is 0 Å². The Morgan fingerprint density at radius 3 is 2.78 bits per heavy atom. The second-order valence-corrected chi connectivity index (χ2v) is 6.11. The van der Waals surface area contributed by atoms with E-state index in [2.05, 4.69) is 62.4 Å². The second kappa shape index (κ2) is 7.32. The van der Waals surface area contributed by atoms with Gasteiger partial charge in [-0.05, 0) is 50.1 Å². The molecule has 122 valence electrons. The van der Waals surface area contributed by atoms with Crippen LogP contribution in [0, 0.1) is 6.92 Å². The highest BCUT2D eigenvalue weighted by Crippen LogP contribution is 2.31. The summed E-state index contributed by atoms with van der Waals surface area (Å²) in [5, 5.41) is 3.18. The molecule has 23 heavy (non-hydrogen) atoms. The van der Waals surface area contributed by atoms with Crippen LogP contribution < -0.4 is 5.32 Å². The first kappa shape index (κ1) is 17.1. The number of aromatic nitrogens is 1. The Kier molecular flexibility index (Phi) is 5.43. The van der Waals surface area contributed by atoms with Crippen LogP contribution in [-0.2, 0) is 7.05 Å². The van der Waals surface area contributed by atoms with Gasteiger partial charge in [-0.3, -0.25) is 4.99 Å². The summed E-state index contributed by atoms with van der Waals surface area (Å²) in [4.78, 5) is 4.94. The highest BCUT2D eigenvalue weighted by Gasteiger charge is 2.12. The quantitative estimate of drug-likeness (QED) is 0.697. The SMILES string of the molecule is C=CNc1ccn(C)c1C(C)=Nc1ccc(C)cc1C(C)CC. The van der Waals surface area contributed by atoms with Crippen LogP contribution in [0.4, 0.5) is 11.4 Å². The smallest absolute Gasteiger partial charge is 0.0858 e. The van der Waals surface area contributed by atoms with Crippen LogP contribution in [0.15, 0.2) is 48.2 Å². The monoisotopic (exact) mass is 309 g/mol. The standard InChI is InChI=1S/C20H27N3/c1-7-15(4)17-13-14(3)9-10-18(17)22-16(5)20-19(21-8-2)11-12-23(20)6/h8-13,15,21H,2,7H2,1,3-6H3. The van der Waals surface area contributed by atoms with Crippen molar-refractivity contribution >= 4 is 17.1 Å². The van der Waals surface area contributed by atoms with E-state index in [0.29, 0.717) is 5.92 Å². The number of nitrogens with zero attached hydrogens (tertiary/aromatic N) is 2. The van der Waals surface area contributed by atoms with E-state index in [1.54, 1.807) is 6.20 Å². The number of aryl methyl sites for hydroxylation is 2. The van der Waals surface area contributed by atoms with E-state index in [9.17, 15) is 0 Å². The number of nitrogens with one attached hydrogen (secondary N) is 1. The van der Waals surface area contributed by atoms with Gasteiger partial charge in [0.05, 0.1) is 22.8 Å². The molecular weight excluding hydrogens is 282 g/mol. The molecule has 3 nitrogen and oxygen atoms in total. The first-order valence-corrected chi connectivity index (χ1v) is 8.16. The van der Waals surface area contributed by atoms with Crippen LogP contribution in [-0.4, -0.2) is 10.3 Å². The molecule has 1 heterocycles. The van der Waals surface area contributed by atoms with Gasteiger partial charge in [-0.1, -0.05) is 38.1 Å². The lowest BCUT2D eigenvalue weighted by atomic mass is 9.95. The summed E-state index contributed by atoms with van der Waals surface area (Å²) < 4.78 is 2.09. The minimum atomic E-state index is 0.501. The van der Waals surface area contributed by atoms with Crippen LogP contribution in [0.5, 0.6) is 0 Å². The third kappa shape index (κ3) is 3.73. The van der Waals surface area contributed by atoms with Gasteiger partial charge in [0.25, 0.3) is 0 Å². The summed E-state index contributed by atoms with van der Waals surface area (Å²) in [6.07, 6.45) is 4.84. The number of hydrogen-bond donors (Lipinski definition) is 1. The van der Waals surface area contributed by atoms with Crippen molar-refractivity contribution in [1.29, 1.82) is 0 Å². The van der Waals surface area contributed by atoms with E-state index in [1.165, 1.54) is 11.1 Å². The Morgan fingerprint density at radius 1 is 1.39 bits per heavy atom. The average Bonchev–Trinajstić information content (AvgIpc) is 2.89. The molecule has 0 radical (unpaired) electrons. The van der Waals surface area contributed by atoms with Crippen LogP contribution in [0.1, 0.15) is 49.9 Å². The second-order valence-electron chi connectivity index (χ2n) is 6.11. The van der Waals surface area contributed by atoms with Crippen LogP contribution in [0.3, 0.4) is 0 Å². The molecule has 0 fully saturated rings. The lowest BCUT2D eigenvalue weighted by Crippen LogP contribution is -2.05. The molecular formula is C20H27N3. The summed E-state index contributed by atoms with van der Waals surface area (Å²) in [6.45, 7) is 12.4. The fourth-order valence-electron chi connectivity index (χ4n) is 2.83. The molecule has 0 amide bonds. The van der Waals surface area contributed by atoms with Gasteiger partial charge in [0, 0.05) is 13.2 Å². The molecule has 3 heteroatoms. The summed E-state index contributed by atoms with van der Waals surface area (Å²) in [6, 6.07) is 8.56. The molecule has 0 spiro atoms. The zero-order valence-corrected chi connectivity index (χ0v) is 14.9. The molecule has 0 bridgehead atoms. The van der Waals surface area contributed by atoms with Gasteiger partial charge in [0.1, 0.15) is 0 Å². The van der Waals surface area contributed by atoms with Gasteiger partial charge in [-0.2, -0.15) is 0 Å². The number of aliphatic imine (C=N–C) groups is 1. The largest absolute Gasteiger partial charge is 0.360 e. The maximum Gasteiger partial charge on any atom is 0.0858 e. The Morgan fingerprint density at radius 2 is 2.13 bits per heavy atom. The highest BCUT2D eigenvalue weighted by molar-refractivity contribution is 6.03. The van der Waals surface area contributed by atoms with Crippen molar-refractivity contribution in [1.82, 2.24) is 4.57 Å². The van der Waals surface area contributed by atoms with Gasteiger partial charge in [0.15, 0.2) is 0 Å². The maximum absolute atomic E-state index is 4.94. The molecule has 0 saturated heterocycles. The molecule has 1 atom stereocenters. The normalized spacial score (nSPS) is 13.0. The summed E-state index contributed by atoms with van der Waals surface area (Å²) in [7, 11) is 2.04. The lowest BCUT2D eigenvalue weighted by molar-refractivity contribution is 0.733. The molecule has 1 unspecified atom stereocenters. The van der Waals surface area contributed by atoms with E-state index in [4.69, 9.17) is 4.99 Å². The minimum absolute atomic E-state index is 0.501. The van der Waals surface area contributed by atoms with Crippen molar-refractivity contribution in [2.24, 2.45) is 12.0 Å². The highest BCUT2D eigenvalue weighted by atomic mass is 15.0. The number of rotatable bonds is 6. The van der Waals surface area contributed by atoms with Crippen molar-refractivity contribution in [2.75, 3.05) is 5.32 Å². The molecule has 1 aromatic heterocycles. The Bertz CT molecular complexity index is 722. The van der Waals surface area contributed by atoms with E-state index < -0.39 is 0 Å². The molecule has 1 aromatic carbocycles. The van der Waals surface area contributed by atoms with Gasteiger partial charge in [-0.25, -0.2) is 0 Å². The maximum atomic E-state index is 4.94. The average molecular weight is 309 g/mol. The topological polar surface area (TPSA) is 29.3 Å².